The molecule has 0 aliphatic carbocycles. The van der Waals surface area contributed by atoms with Gasteiger partial charge in [-0.25, -0.2) is 4.79 Å². The molecule has 0 saturated carbocycles. The fourth-order valence-corrected chi connectivity index (χ4v) is 1.09. The lowest BCUT2D eigenvalue weighted by Gasteiger charge is -2.07. The molecule has 8 heteroatoms. The zero-order chi connectivity index (χ0) is 14.3. The van der Waals surface area contributed by atoms with Gasteiger partial charge in [-0.05, 0) is 6.42 Å². The summed E-state index contributed by atoms with van der Waals surface area (Å²) in [4.78, 5) is 21.6. The van der Waals surface area contributed by atoms with E-state index in [0.29, 0.717) is 46.1 Å². The summed E-state index contributed by atoms with van der Waals surface area (Å²) in [6, 6.07) is 0. The molecule has 0 saturated heterocycles. The molecule has 0 aromatic heterocycles. The van der Waals surface area contributed by atoms with Crippen molar-refractivity contribution in [2.24, 2.45) is 0 Å². The first-order chi connectivity index (χ1) is 9.16. The van der Waals surface area contributed by atoms with Crippen LogP contribution in [0.1, 0.15) is 13.3 Å². The van der Waals surface area contributed by atoms with Crippen LogP contribution in [0.5, 0.6) is 0 Å². The Morgan fingerprint density at radius 3 is 2.05 bits per heavy atom. The van der Waals surface area contributed by atoms with Gasteiger partial charge >= 0.3 is 6.09 Å². The SMILES string of the molecule is BC(=O)NCCOCCOCCNC(=O)OCCC. The third-order valence-corrected chi connectivity index (χ3v) is 1.95. The van der Waals surface area contributed by atoms with Crippen LogP contribution in [0.3, 0.4) is 0 Å². The van der Waals surface area contributed by atoms with E-state index < -0.39 is 6.09 Å². The van der Waals surface area contributed by atoms with E-state index in [1.54, 1.807) is 0 Å². The Morgan fingerprint density at radius 2 is 1.53 bits per heavy atom. The summed E-state index contributed by atoms with van der Waals surface area (Å²) >= 11 is 0. The van der Waals surface area contributed by atoms with Crippen molar-refractivity contribution in [1.82, 2.24) is 10.6 Å². The molecule has 0 heterocycles. The molecule has 0 rings (SSSR count). The van der Waals surface area contributed by atoms with Gasteiger partial charge in [0.2, 0.25) is 7.85 Å². The molecule has 0 atom stereocenters. The van der Waals surface area contributed by atoms with E-state index in [2.05, 4.69) is 10.6 Å². The van der Waals surface area contributed by atoms with Gasteiger partial charge in [-0.1, -0.05) is 6.92 Å². The second-order valence-electron chi connectivity index (χ2n) is 3.77. The third kappa shape index (κ3) is 14.7. The Kier molecular flexibility index (Phi) is 12.3. The smallest absolute Gasteiger partial charge is 0.407 e. The van der Waals surface area contributed by atoms with Crippen LogP contribution in [0.15, 0.2) is 0 Å². The maximum absolute atomic E-state index is 11.0. The fourth-order valence-electron chi connectivity index (χ4n) is 1.09. The minimum absolute atomic E-state index is 0.0686. The lowest BCUT2D eigenvalue weighted by atomic mass is 10.1. The standard InChI is InChI=1S/C11H23BN2O5/c1-2-5-19-11(16)14-4-7-18-9-8-17-6-3-13-10(12)15/h2-9,12H2,1H3,(H,13,15)(H,14,16). The van der Waals surface area contributed by atoms with E-state index in [9.17, 15) is 9.59 Å². The van der Waals surface area contributed by atoms with Crippen molar-refractivity contribution in [3.63, 3.8) is 0 Å². The summed E-state index contributed by atoms with van der Waals surface area (Å²) in [6.07, 6.45) is 0.386. The van der Waals surface area contributed by atoms with E-state index in [-0.39, 0.29) is 5.81 Å². The summed E-state index contributed by atoms with van der Waals surface area (Å²) in [6.45, 7) is 5.05. The molecule has 0 aromatic rings. The normalized spacial score (nSPS) is 9.95. The number of hydrogen-bond donors (Lipinski definition) is 2. The maximum Gasteiger partial charge on any atom is 0.407 e. The van der Waals surface area contributed by atoms with Gasteiger partial charge in [-0.15, -0.1) is 0 Å². The molecule has 0 aromatic carbocycles. The topological polar surface area (TPSA) is 85.9 Å². The fraction of sp³-hybridized carbons (Fsp3) is 0.818. The zero-order valence-corrected chi connectivity index (χ0v) is 11.7. The molecule has 2 N–H and O–H groups in total. The second kappa shape index (κ2) is 13.2. The van der Waals surface area contributed by atoms with Crippen LogP contribution in [-0.2, 0) is 14.2 Å². The van der Waals surface area contributed by atoms with Crippen LogP contribution >= 0.6 is 0 Å². The van der Waals surface area contributed by atoms with Gasteiger partial charge in [0.1, 0.15) is 0 Å². The zero-order valence-electron chi connectivity index (χ0n) is 11.7. The van der Waals surface area contributed by atoms with E-state index in [4.69, 9.17) is 14.2 Å². The molecule has 0 bridgehead atoms. The van der Waals surface area contributed by atoms with E-state index in [1.165, 1.54) is 7.85 Å². The van der Waals surface area contributed by atoms with Crippen molar-refractivity contribution in [1.29, 1.82) is 0 Å². The number of carbonyl (C=O) groups is 2. The van der Waals surface area contributed by atoms with Crippen LogP contribution in [0.2, 0.25) is 0 Å². The monoisotopic (exact) mass is 274 g/mol. The van der Waals surface area contributed by atoms with Crippen molar-refractivity contribution < 1.29 is 23.8 Å². The van der Waals surface area contributed by atoms with Gasteiger partial charge in [0.15, 0.2) is 5.81 Å². The van der Waals surface area contributed by atoms with Gasteiger partial charge in [-0.3, -0.25) is 4.79 Å². The molecule has 0 fully saturated rings. The number of amides is 2. The van der Waals surface area contributed by atoms with Crippen LogP contribution in [0.4, 0.5) is 9.59 Å². The van der Waals surface area contributed by atoms with Crippen LogP contribution in [0.25, 0.3) is 0 Å². The van der Waals surface area contributed by atoms with Crippen LogP contribution in [-0.4, -0.2) is 65.9 Å². The highest BCUT2D eigenvalue weighted by Gasteiger charge is 1.99. The quantitative estimate of drug-likeness (QED) is 0.392. The molecule has 0 aliphatic rings. The summed E-state index contributed by atoms with van der Waals surface area (Å²) in [5, 5.41) is 5.19. The summed E-state index contributed by atoms with van der Waals surface area (Å²) in [7, 11) is 1.46. The maximum atomic E-state index is 11.0. The lowest BCUT2D eigenvalue weighted by Crippen LogP contribution is -2.28. The Balaban J connectivity index is 3.10. The number of carbonyl (C=O) groups excluding carboxylic acids is 2. The number of alkyl carbamates (subject to hydrolysis) is 1. The molecule has 2 amide bonds. The first kappa shape index (κ1) is 17.7. The number of nitrogens with one attached hydrogen (secondary N) is 2. The minimum atomic E-state index is -0.419. The van der Waals surface area contributed by atoms with E-state index >= 15 is 0 Å². The average Bonchev–Trinajstić information content (AvgIpc) is 2.38. The largest absolute Gasteiger partial charge is 0.450 e. The highest BCUT2D eigenvalue weighted by Crippen LogP contribution is 1.82. The lowest BCUT2D eigenvalue weighted by molar-refractivity contribution is 0.0500. The molecular weight excluding hydrogens is 251 g/mol. The Morgan fingerprint density at radius 1 is 0.947 bits per heavy atom. The predicted octanol–water partition coefficient (Wildman–Crippen LogP) is -0.501. The first-order valence-corrected chi connectivity index (χ1v) is 6.47. The highest BCUT2D eigenvalue weighted by molar-refractivity contribution is 6.57. The summed E-state index contributed by atoms with van der Waals surface area (Å²) in [5.74, 6) is -0.0686. The van der Waals surface area contributed by atoms with Gasteiger partial charge < -0.3 is 24.8 Å². The second-order valence-corrected chi connectivity index (χ2v) is 3.77. The predicted molar refractivity (Wildman–Crippen MR) is 73.2 cm³/mol. The Bertz CT molecular complexity index is 253. The Labute approximate surface area is 114 Å². The summed E-state index contributed by atoms with van der Waals surface area (Å²) < 4.78 is 15.3. The van der Waals surface area contributed by atoms with Crippen molar-refractivity contribution in [2.75, 3.05) is 46.1 Å². The minimum Gasteiger partial charge on any atom is -0.450 e. The molecule has 0 aliphatic heterocycles. The number of hydrogen-bond acceptors (Lipinski definition) is 5. The molecule has 0 radical (unpaired) electrons. The number of ether oxygens (including phenoxy) is 3. The van der Waals surface area contributed by atoms with E-state index in [0.717, 1.165) is 6.42 Å². The molecule has 110 valence electrons. The van der Waals surface area contributed by atoms with Crippen molar-refractivity contribution in [2.45, 2.75) is 13.3 Å². The van der Waals surface area contributed by atoms with E-state index in [1.807, 2.05) is 6.92 Å². The van der Waals surface area contributed by atoms with Crippen LogP contribution in [0, 0.1) is 0 Å². The number of rotatable bonds is 11. The first-order valence-electron chi connectivity index (χ1n) is 6.47. The highest BCUT2D eigenvalue weighted by atomic mass is 16.5. The third-order valence-electron chi connectivity index (χ3n) is 1.95. The van der Waals surface area contributed by atoms with Gasteiger partial charge in [0.25, 0.3) is 0 Å². The van der Waals surface area contributed by atoms with Gasteiger partial charge in [0.05, 0.1) is 33.0 Å². The summed E-state index contributed by atoms with van der Waals surface area (Å²) in [5.41, 5.74) is 0. The van der Waals surface area contributed by atoms with Crippen molar-refractivity contribution >= 4 is 19.7 Å². The van der Waals surface area contributed by atoms with Gasteiger partial charge in [0, 0.05) is 13.1 Å². The Hall–Kier alpha value is -1.28. The molecular formula is C11H23BN2O5. The van der Waals surface area contributed by atoms with Gasteiger partial charge in [-0.2, -0.15) is 0 Å². The average molecular weight is 274 g/mol. The molecule has 19 heavy (non-hydrogen) atoms. The molecule has 0 unspecified atom stereocenters. The van der Waals surface area contributed by atoms with Crippen LogP contribution < -0.4 is 10.6 Å². The molecule has 7 nitrogen and oxygen atoms in total. The molecule has 0 spiro atoms. The van der Waals surface area contributed by atoms with Crippen molar-refractivity contribution in [3.8, 4) is 0 Å². The van der Waals surface area contributed by atoms with Crippen molar-refractivity contribution in [3.05, 3.63) is 0 Å².